The zero-order valence-corrected chi connectivity index (χ0v) is 19.6. The first-order valence-electron chi connectivity index (χ1n) is 9.43. The highest BCUT2D eigenvalue weighted by molar-refractivity contribution is 14.1. The molecule has 0 spiro atoms. The lowest BCUT2D eigenvalue weighted by Gasteiger charge is -2.16. The number of benzene rings is 2. The van der Waals surface area contributed by atoms with Gasteiger partial charge in [0.05, 0.1) is 23.6 Å². The highest BCUT2D eigenvalue weighted by Crippen LogP contribution is 2.22. The van der Waals surface area contributed by atoms with E-state index in [1.165, 1.54) is 11.8 Å². The number of nitrogens with one attached hydrogen (secondary N) is 1. The highest BCUT2D eigenvalue weighted by Gasteiger charge is 2.20. The summed E-state index contributed by atoms with van der Waals surface area (Å²) in [7, 11) is 0. The summed E-state index contributed by atoms with van der Waals surface area (Å²) in [6.07, 6.45) is 8.06. The average Bonchev–Trinajstić information content (AvgIpc) is 3.27. The molecule has 3 rings (SSSR count). The van der Waals surface area contributed by atoms with Crippen molar-refractivity contribution in [3.63, 3.8) is 0 Å². The van der Waals surface area contributed by atoms with Crippen LogP contribution in [0.3, 0.4) is 0 Å². The van der Waals surface area contributed by atoms with Crippen LogP contribution in [0.2, 0.25) is 0 Å². The Hall–Kier alpha value is -2.39. The molecule has 2 aromatic carbocycles. The van der Waals surface area contributed by atoms with Crippen LogP contribution in [0.1, 0.15) is 23.6 Å². The van der Waals surface area contributed by atoms with E-state index < -0.39 is 0 Å². The number of amidine groups is 1. The number of hydrogen-bond donors (Lipinski definition) is 1. The molecule has 1 N–H and O–H groups in total. The molecule has 0 bridgehead atoms. The number of thioether (sulfide) groups is 1. The Bertz CT molecular complexity index is 1020. The number of aliphatic imine (C=N–C) groups is 1. The van der Waals surface area contributed by atoms with Crippen LogP contribution in [-0.4, -0.2) is 26.9 Å². The summed E-state index contributed by atoms with van der Waals surface area (Å²) in [5.41, 5.74) is 3.79. The third kappa shape index (κ3) is 5.82. The molecule has 0 fully saturated rings. The molecule has 1 aromatic heterocycles. The second-order valence-electron chi connectivity index (χ2n) is 6.52. The molecule has 1 amide bonds. The summed E-state index contributed by atoms with van der Waals surface area (Å²) in [6, 6.07) is 17.6. The largest absolute Gasteiger partial charge is 0.306 e. The Morgan fingerprint density at radius 2 is 2.00 bits per heavy atom. The molecule has 3 aromatic rings. The number of aromatic nitrogens is 2. The van der Waals surface area contributed by atoms with E-state index >= 15 is 0 Å². The molecular weight excluding hydrogens is 507 g/mol. The van der Waals surface area contributed by atoms with Gasteiger partial charge >= 0.3 is 0 Å². The van der Waals surface area contributed by atoms with E-state index in [0.29, 0.717) is 11.6 Å². The van der Waals surface area contributed by atoms with Gasteiger partial charge in [-0.25, -0.2) is 9.98 Å². The summed E-state index contributed by atoms with van der Waals surface area (Å²) >= 11 is 3.70. The molecule has 0 aliphatic carbocycles. The van der Waals surface area contributed by atoms with Crippen molar-refractivity contribution in [1.29, 1.82) is 0 Å². The van der Waals surface area contributed by atoms with Crippen LogP contribution in [0.15, 0.2) is 84.8 Å². The standard InChI is InChI=1S/C23H23IN4OS/c1-3-7-21(17-8-5-4-6-9-17)22(29)27-23(30-2)26-18-10-12-20(13-11-18)28-15-19(14-24)25-16-28/h3-6,8-13,15-16,21H,1,7,14H2,2H3,(H,26,27,29). The van der Waals surface area contributed by atoms with Crippen LogP contribution >= 0.6 is 34.4 Å². The first kappa shape index (κ1) is 22.3. The molecule has 1 atom stereocenters. The Morgan fingerprint density at radius 3 is 2.60 bits per heavy atom. The number of rotatable bonds is 7. The molecule has 154 valence electrons. The van der Waals surface area contributed by atoms with Crippen LogP contribution in [0.5, 0.6) is 0 Å². The normalized spacial score (nSPS) is 12.4. The third-order valence-electron chi connectivity index (χ3n) is 4.50. The molecule has 0 aliphatic rings. The zero-order chi connectivity index (χ0) is 21.3. The molecule has 0 aliphatic heterocycles. The van der Waals surface area contributed by atoms with Gasteiger partial charge in [-0.05, 0) is 42.5 Å². The molecule has 0 saturated carbocycles. The van der Waals surface area contributed by atoms with Crippen molar-refractivity contribution in [2.24, 2.45) is 4.99 Å². The Kier molecular flexibility index (Phi) is 8.27. The Labute approximate surface area is 194 Å². The molecule has 1 unspecified atom stereocenters. The van der Waals surface area contributed by atoms with Crippen molar-refractivity contribution in [2.75, 3.05) is 6.26 Å². The fraction of sp³-hybridized carbons (Fsp3) is 0.174. The first-order chi connectivity index (χ1) is 14.6. The predicted octanol–water partition coefficient (Wildman–Crippen LogP) is 5.63. The van der Waals surface area contributed by atoms with Crippen molar-refractivity contribution in [2.45, 2.75) is 16.8 Å². The fourth-order valence-electron chi connectivity index (χ4n) is 2.95. The van der Waals surface area contributed by atoms with Gasteiger partial charge in [0.1, 0.15) is 0 Å². The van der Waals surface area contributed by atoms with Gasteiger partial charge in [0.15, 0.2) is 5.17 Å². The lowest BCUT2D eigenvalue weighted by atomic mass is 9.95. The number of imidazole rings is 1. The van der Waals surface area contributed by atoms with Crippen LogP contribution in [0, 0.1) is 0 Å². The second kappa shape index (κ2) is 11.1. The number of carbonyl (C=O) groups excluding carboxylic acids is 1. The van der Waals surface area contributed by atoms with Crippen molar-refractivity contribution < 1.29 is 4.79 Å². The van der Waals surface area contributed by atoms with Crippen LogP contribution in [-0.2, 0) is 9.22 Å². The predicted molar refractivity (Wildman–Crippen MR) is 134 cm³/mol. The molecule has 5 nitrogen and oxygen atoms in total. The van der Waals surface area contributed by atoms with E-state index in [0.717, 1.165) is 27.1 Å². The smallest absolute Gasteiger partial charge is 0.233 e. The van der Waals surface area contributed by atoms with E-state index in [-0.39, 0.29) is 11.8 Å². The molecular formula is C23H23IN4OS. The van der Waals surface area contributed by atoms with E-state index in [1.54, 1.807) is 6.08 Å². The van der Waals surface area contributed by atoms with Gasteiger partial charge in [-0.3, -0.25) is 4.79 Å². The van der Waals surface area contributed by atoms with Crippen molar-refractivity contribution >= 4 is 51.1 Å². The summed E-state index contributed by atoms with van der Waals surface area (Å²) in [4.78, 5) is 21.9. The second-order valence-corrected chi connectivity index (χ2v) is 8.08. The van der Waals surface area contributed by atoms with E-state index in [9.17, 15) is 4.79 Å². The van der Waals surface area contributed by atoms with Gasteiger partial charge in [-0.15, -0.1) is 6.58 Å². The minimum absolute atomic E-state index is 0.0874. The summed E-state index contributed by atoms with van der Waals surface area (Å²) in [6.45, 7) is 3.79. The Morgan fingerprint density at radius 1 is 1.27 bits per heavy atom. The number of halogens is 1. The van der Waals surface area contributed by atoms with Gasteiger partial charge in [0.25, 0.3) is 0 Å². The lowest BCUT2D eigenvalue weighted by molar-refractivity contribution is -0.121. The van der Waals surface area contributed by atoms with E-state index in [1.807, 2.05) is 77.9 Å². The van der Waals surface area contributed by atoms with Gasteiger partial charge in [0.2, 0.25) is 5.91 Å². The maximum absolute atomic E-state index is 12.9. The third-order valence-corrected chi connectivity index (χ3v) is 5.86. The van der Waals surface area contributed by atoms with Crippen LogP contribution < -0.4 is 5.32 Å². The maximum Gasteiger partial charge on any atom is 0.233 e. The lowest BCUT2D eigenvalue weighted by Crippen LogP contribution is -2.32. The van der Waals surface area contributed by atoms with Crippen molar-refractivity contribution in [3.8, 4) is 5.69 Å². The van der Waals surface area contributed by atoms with Gasteiger partial charge in [-0.2, -0.15) is 0 Å². The summed E-state index contributed by atoms with van der Waals surface area (Å²) in [5, 5.41) is 3.53. The number of alkyl halides is 1. The zero-order valence-electron chi connectivity index (χ0n) is 16.7. The molecule has 7 heteroatoms. The van der Waals surface area contributed by atoms with Crippen LogP contribution in [0.25, 0.3) is 5.69 Å². The molecule has 30 heavy (non-hydrogen) atoms. The maximum atomic E-state index is 12.9. The SMILES string of the molecule is C=CCC(C(=O)NC(=Nc1ccc(-n2cnc(CI)c2)cc1)SC)c1ccccc1. The first-order valence-corrected chi connectivity index (χ1v) is 12.2. The number of allylic oxidation sites excluding steroid dienone is 1. The van der Waals surface area contributed by atoms with Crippen molar-refractivity contribution in [1.82, 2.24) is 14.9 Å². The minimum atomic E-state index is -0.295. The van der Waals surface area contributed by atoms with Crippen molar-refractivity contribution in [3.05, 3.63) is 91.0 Å². The number of hydrogen-bond acceptors (Lipinski definition) is 4. The molecule has 0 saturated heterocycles. The monoisotopic (exact) mass is 530 g/mol. The van der Waals surface area contributed by atoms with Crippen LogP contribution in [0.4, 0.5) is 5.69 Å². The summed E-state index contributed by atoms with van der Waals surface area (Å²) in [5.74, 6) is -0.382. The highest BCUT2D eigenvalue weighted by atomic mass is 127. The number of amides is 1. The average molecular weight is 530 g/mol. The molecule has 1 heterocycles. The summed E-state index contributed by atoms with van der Waals surface area (Å²) < 4.78 is 2.86. The fourth-order valence-corrected chi connectivity index (χ4v) is 3.75. The van der Waals surface area contributed by atoms with E-state index in [2.05, 4.69) is 44.5 Å². The number of carbonyl (C=O) groups is 1. The van der Waals surface area contributed by atoms with Gasteiger partial charge in [0, 0.05) is 16.3 Å². The number of nitrogens with zero attached hydrogens (tertiary/aromatic N) is 3. The Balaban J connectivity index is 1.74. The quantitative estimate of drug-likeness (QED) is 0.142. The van der Waals surface area contributed by atoms with Gasteiger partial charge < -0.3 is 9.88 Å². The minimum Gasteiger partial charge on any atom is -0.306 e. The molecule has 0 radical (unpaired) electrons. The topological polar surface area (TPSA) is 59.3 Å². The van der Waals surface area contributed by atoms with Gasteiger partial charge in [-0.1, -0.05) is 70.8 Å². The van der Waals surface area contributed by atoms with E-state index in [4.69, 9.17) is 0 Å².